The van der Waals surface area contributed by atoms with Crippen LogP contribution in [0.25, 0.3) is 0 Å². The molecule has 1 atom stereocenters. The van der Waals surface area contributed by atoms with Gasteiger partial charge in [0.25, 0.3) is 5.91 Å². The van der Waals surface area contributed by atoms with Gasteiger partial charge in [-0.05, 0) is 30.3 Å². The lowest BCUT2D eigenvalue weighted by Gasteiger charge is -2.28. The molecule has 0 aliphatic carbocycles. The summed E-state index contributed by atoms with van der Waals surface area (Å²) in [5, 5.41) is 5.40. The zero-order valence-corrected chi connectivity index (χ0v) is 17.4. The smallest absolute Gasteiger partial charge is 0.257 e. The first-order chi connectivity index (χ1) is 14.0. The molecule has 0 radical (unpaired) electrons. The van der Waals surface area contributed by atoms with Crippen LogP contribution in [0.3, 0.4) is 0 Å². The summed E-state index contributed by atoms with van der Waals surface area (Å²) in [6.45, 7) is 1.30. The molecule has 0 saturated carbocycles. The molecule has 0 aromatic heterocycles. The molecule has 2 aromatic carbocycles. The number of benzene rings is 2. The van der Waals surface area contributed by atoms with Gasteiger partial charge in [-0.2, -0.15) is 4.31 Å². The van der Waals surface area contributed by atoms with Gasteiger partial charge in [0.05, 0.1) is 26.0 Å². The normalized spacial score (nSPS) is 19.9. The van der Waals surface area contributed by atoms with E-state index < -0.39 is 15.4 Å². The third kappa shape index (κ3) is 4.06. The molecule has 0 unspecified atom stereocenters. The van der Waals surface area contributed by atoms with E-state index in [1.54, 1.807) is 12.1 Å². The average Bonchev–Trinajstić information content (AvgIpc) is 2.75. The van der Waals surface area contributed by atoms with Crippen molar-refractivity contribution in [2.75, 3.05) is 44.0 Å². The number of rotatable bonds is 5. The van der Waals surface area contributed by atoms with Gasteiger partial charge in [-0.15, -0.1) is 0 Å². The highest BCUT2D eigenvalue weighted by atomic mass is 32.2. The maximum atomic E-state index is 13.1. The summed E-state index contributed by atoms with van der Waals surface area (Å²) < 4.78 is 38.2. The number of ether oxygens (including phenoxy) is 2. The minimum absolute atomic E-state index is 0.0634. The van der Waals surface area contributed by atoms with Crippen LogP contribution in [0.5, 0.6) is 5.75 Å². The van der Waals surface area contributed by atoms with Crippen LogP contribution in [0.1, 0.15) is 0 Å². The maximum absolute atomic E-state index is 13.1. The Morgan fingerprint density at radius 2 is 1.97 bits per heavy atom. The quantitative estimate of drug-likeness (QED) is 0.743. The number of nitrogens with one attached hydrogen (secondary N) is 2. The van der Waals surface area contributed by atoms with Gasteiger partial charge in [0.15, 0.2) is 5.37 Å². The number of hydrogen-bond donors (Lipinski definition) is 2. The Hall–Kier alpha value is -2.27. The molecule has 1 saturated heterocycles. The zero-order chi connectivity index (χ0) is 20.4. The number of nitrogens with zero attached hydrogens (tertiary/aromatic N) is 1. The van der Waals surface area contributed by atoms with Crippen LogP contribution in [-0.4, -0.2) is 57.4 Å². The van der Waals surface area contributed by atoms with E-state index >= 15 is 0 Å². The minimum atomic E-state index is -3.75. The van der Waals surface area contributed by atoms with Crippen molar-refractivity contribution in [2.24, 2.45) is 0 Å². The molecule has 154 valence electrons. The molecule has 1 fully saturated rings. The van der Waals surface area contributed by atoms with Crippen LogP contribution < -0.4 is 15.4 Å². The van der Waals surface area contributed by atoms with Gasteiger partial charge in [0.2, 0.25) is 10.0 Å². The van der Waals surface area contributed by atoms with E-state index in [2.05, 4.69) is 10.6 Å². The second kappa shape index (κ2) is 8.23. The van der Waals surface area contributed by atoms with Crippen LogP contribution in [0.4, 0.5) is 11.4 Å². The molecule has 8 nitrogen and oxygen atoms in total. The summed E-state index contributed by atoms with van der Waals surface area (Å²) in [4.78, 5) is 13.5. The molecule has 2 aromatic rings. The molecule has 29 heavy (non-hydrogen) atoms. The van der Waals surface area contributed by atoms with Crippen LogP contribution in [-0.2, 0) is 19.6 Å². The first-order valence-electron chi connectivity index (χ1n) is 9.08. The predicted molar refractivity (Wildman–Crippen MR) is 111 cm³/mol. The fourth-order valence-corrected chi connectivity index (χ4v) is 5.80. The summed E-state index contributed by atoms with van der Waals surface area (Å²) in [6.07, 6.45) is 0. The molecule has 1 amide bonds. The fourth-order valence-electron chi connectivity index (χ4n) is 3.19. The summed E-state index contributed by atoms with van der Waals surface area (Å²) in [5.74, 6) is 0.0650. The number of thioether (sulfide) groups is 1. The molecule has 2 aliphatic heterocycles. The molecule has 4 rings (SSSR count). The Morgan fingerprint density at radius 3 is 2.72 bits per heavy atom. The SMILES string of the molecule is COc1ccc(N[C@@H]2Sc3ccccc3NC2=O)cc1S(=O)(=O)N1CCOCC1. The summed E-state index contributed by atoms with van der Waals surface area (Å²) in [5.41, 5.74) is 1.29. The highest BCUT2D eigenvalue weighted by Crippen LogP contribution is 2.37. The van der Waals surface area contributed by atoms with Crippen molar-refractivity contribution in [3.8, 4) is 5.75 Å². The molecule has 10 heteroatoms. The Bertz CT molecular complexity index is 1020. The third-order valence-corrected chi connectivity index (χ3v) is 7.77. The van der Waals surface area contributed by atoms with Crippen LogP contribution in [0, 0.1) is 0 Å². The average molecular weight is 436 g/mol. The number of para-hydroxylation sites is 1. The molecular formula is C19H21N3O5S2. The lowest BCUT2D eigenvalue weighted by Crippen LogP contribution is -2.40. The van der Waals surface area contributed by atoms with E-state index in [9.17, 15) is 13.2 Å². The highest BCUT2D eigenvalue weighted by molar-refractivity contribution is 8.01. The Balaban J connectivity index is 1.61. The van der Waals surface area contributed by atoms with Crippen molar-refractivity contribution in [2.45, 2.75) is 15.2 Å². The Kier molecular flexibility index (Phi) is 5.68. The van der Waals surface area contributed by atoms with E-state index in [1.807, 2.05) is 24.3 Å². The van der Waals surface area contributed by atoms with Gasteiger partial charge in [-0.3, -0.25) is 4.79 Å². The molecular weight excluding hydrogens is 414 g/mol. The van der Waals surface area contributed by atoms with Crippen molar-refractivity contribution in [3.63, 3.8) is 0 Å². The van der Waals surface area contributed by atoms with Crippen LogP contribution in [0.15, 0.2) is 52.3 Å². The number of carbonyl (C=O) groups is 1. The van der Waals surface area contributed by atoms with Crippen LogP contribution in [0.2, 0.25) is 0 Å². The zero-order valence-electron chi connectivity index (χ0n) is 15.8. The summed E-state index contributed by atoms with van der Waals surface area (Å²) >= 11 is 1.38. The summed E-state index contributed by atoms with van der Waals surface area (Å²) in [7, 11) is -2.32. The van der Waals surface area contributed by atoms with Gasteiger partial charge < -0.3 is 20.1 Å². The number of sulfonamides is 1. The van der Waals surface area contributed by atoms with Gasteiger partial charge in [0.1, 0.15) is 10.6 Å². The van der Waals surface area contributed by atoms with Gasteiger partial charge in [-0.25, -0.2) is 8.42 Å². The van der Waals surface area contributed by atoms with Gasteiger partial charge >= 0.3 is 0 Å². The van der Waals surface area contributed by atoms with Crippen molar-refractivity contribution in [1.29, 1.82) is 0 Å². The minimum Gasteiger partial charge on any atom is -0.495 e. The highest BCUT2D eigenvalue weighted by Gasteiger charge is 2.31. The Labute approximate surface area is 173 Å². The second-order valence-electron chi connectivity index (χ2n) is 6.51. The van der Waals surface area contributed by atoms with Crippen molar-refractivity contribution in [1.82, 2.24) is 4.31 Å². The Morgan fingerprint density at radius 1 is 1.21 bits per heavy atom. The van der Waals surface area contributed by atoms with E-state index in [4.69, 9.17) is 9.47 Å². The van der Waals surface area contributed by atoms with Gasteiger partial charge in [0, 0.05) is 23.7 Å². The molecule has 0 spiro atoms. The molecule has 2 aliphatic rings. The van der Waals surface area contributed by atoms with Crippen LogP contribution >= 0.6 is 11.8 Å². The van der Waals surface area contributed by atoms with Crippen molar-refractivity contribution >= 4 is 39.1 Å². The molecule has 0 bridgehead atoms. The number of morpholine rings is 1. The monoisotopic (exact) mass is 435 g/mol. The molecule has 2 N–H and O–H groups in total. The predicted octanol–water partition coefficient (Wildman–Crippen LogP) is 2.20. The number of hydrogen-bond acceptors (Lipinski definition) is 7. The van der Waals surface area contributed by atoms with E-state index in [1.165, 1.54) is 29.2 Å². The first-order valence-corrected chi connectivity index (χ1v) is 11.4. The number of methoxy groups -OCH3 is 1. The van der Waals surface area contributed by atoms with Gasteiger partial charge in [-0.1, -0.05) is 23.9 Å². The van der Waals surface area contributed by atoms with Crippen molar-refractivity contribution in [3.05, 3.63) is 42.5 Å². The number of amides is 1. The van der Waals surface area contributed by atoms with Crippen molar-refractivity contribution < 1.29 is 22.7 Å². The first kappa shape index (κ1) is 20.0. The standard InChI is InChI=1S/C19H21N3O5S2/c1-26-15-7-6-13(12-17(15)29(24,25)22-8-10-27-11-9-22)20-19-18(23)21-14-4-2-3-5-16(14)28-19/h2-7,12,19-20H,8-11H2,1H3,(H,21,23)/t19-/m1/s1. The number of anilines is 2. The molecule has 2 heterocycles. The largest absolute Gasteiger partial charge is 0.495 e. The second-order valence-corrected chi connectivity index (χ2v) is 9.56. The van der Waals surface area contributed by atoms with E-state index in [-0.39, 0.29) is 16.6 Å². The lowest BCUT2D eigenvalue weighted by atomic mass is 10.3. The summed E-state index contributed by atoms with van der Waals surface area (Å²) in [6, 6.07) is 12.3. The maximum Gasteiger partial charge on any atom is 0.257 e. The van der Waals surface area contributed by atoms with E-state index in [0.29, 0.717) is 32.0 Å². The number of carbonyl (C=O) groups excluding carboxylic acids is 1. The lowest BCUT2D eigenvalue weighted by molar-refractivity contribution is -0.115. The topological polar surface area (TPSA) is 97.0 Å². The van der Waals surface area contributed by atoms with E-state index in [0.717, 1.165) is 10.6 Å². The fraction of sp³-hybridized carbons (Fsp3) is 0.316. The number of fused-ring (bicyclic) bond motifs is 1. The third-order valence-electron chi connectivity index (χ3n) is 4.68.